The molecule has 1 amide bonds. The summed E-state index contributed by atoms with van der Waals surface area (Å²) in [4.78, 5) is 28.5. The molecule has 0 spiro atoms. The number of morpholine rings is 1. The third-order valence-electron chi connectivity index (χ3n) is 5.47. The van der Waals surface area contributed by atoms with Gasteiger partial charge in [-0.05, 0) is 48.7 Å². The topological polar surface area (TPSA) is 75.3 Å². The first kappa shape index (κ1) is 23.0. The van der Waals surface area contributed by atoms with E-state index in [1.54, 1.807) is 23.1 Å². The summed E-state index contributed by atoms with van der Waals surface area (Å²) < 4.78 is 7.58. The Morgan fingerprint density at radius 1 is 1.15 bits per heavy atom. The van der Waals surface area contributed by atoms with E-state index in [2.05, 4.69) is 6.07 Å². The first-order chi connectivity index (χ1) is 15.9. The molecule has 1 aliphatic rings. The molecule has 0 saturated carbocycles. The molecule has 1 aromatic heterocycles. The molecule has 1 aliphatic heterocycles. The fraction of sp³-hybridized carbons (Fsp3) is 0.240. The van der Waals surface area contributed by atoms with Crippen molar-refractivity contribution in [2.24, 2.45) is 0 Å². The number of benzene rings is 2. The number of ether oxygens (including phenoxy) is 1. The van der Waals surface area contributed by atoms with Gasteiger partial charge in [0.2, 0.25) is 0 Å². The van der Waals surface area contributed by atoms with Gasteiger partial charge in [0.1, 0.15) is 10.7 Å². The van der Waals surface area contributed by atoms with Crippen LogP contribution in [0, 0.1) is 25.2 Å². The van der Waals surface area contributed by atoms with Crippen molar-refractivity contribution in [1.82, 2.24) is 9.47 Å². The molecule has 4 rings (SSSR count). The summed E-state index contributed by atoms with van der Waals surface area (Å²) in [7, 11) is 0. The second kappa shape index (κ2) is 9.75. The Hall–Kier alpha value is -3.18. The number of hydrogen-bond acceptors (Lipinski definition) is 5. The zero-order chi connectivity index (χ0) is 23.5. The lowest BCUT2D eigenvalue weighted by Gasteiger charge is -2.26. The van der Waals surface area contributed by atoms with Crippen LogP contribution in [0.2, 0.25) is 5.02 Å². The average molecular weight is 480 g/mol. The Bertz CT molecular complexity index is 1420. The van der Waals surface area contributed by atoms with Crippen LogP contribution < -0.4 is 14.8 Å². The fourth-order valence-electron chi connectivity index (χ4n) is 3.87. The average Bonchev–Trinajstić information content (AvgIpc) is 3.10. The maximum Gasteiger partial charge on any atom is 0.273 e. The number of halogens is 1. The summed E-state index contributed by atoms with van der Waals surface area (Å²) in [6, 6.07) is 15.0. The van der Waals surface area contributed by atoms with Gasteiger partial charge in [-0.2, -0.15) is 5.26 Å². The van der Waals surface area contributed by atoms with Crippen LogP contribution in [0.25, 0.3) is 17.3 Å². The molecule has 0 bridgehead atoms. The molecule has 0 unspecified atom stereocenters. The van der Waals surface area contributed by atoms with E-state index in [1.807, 2.05) is 44.2 Å². The van der Waals surface area contributed by atoms with Crippen molar-refractivity contribution < 1.29 is 9.53 Å². The number of para-hydroxylation sites is 1. The van der Waals surface area contributed by atoms with Gasteiger partial charge in [-0.1, -0.05) is 41.9 Å². The molecular weight excluding hydrogens is 458 g/mol. The standard InChI is InChI=1S/C25H22ClN3O3S/c1-16-5-3-6-17(2)22(16)29-24(31)21(14-18-7-4-8-19(26)13-18)33-25(29)20(15-27)23(30)28-9-11-32-12-10-28/h3-8,13-14H,9-12H2,1-2H3/b21-14+,25-20-. The van der Waals surface area contributed by atoms with Crippen LogP contribution in [0.3, 0.4) is 0 Å². The van der Waals surface area contributed by atoms with Crippen LogP contribution in [0.4, 0.5) is 0 Å². The largest absolute Gasteiger partial charge is 0.378 e. The van der Waals surface area contributed by atoms with Crippen molar-refractivity contribution in [2.75, 3.05) is 26.3 Å². The van der Waals surface area contributed by atoms with Gasteiger partial charge >= 0.3 is 0 Å². The lowest BCUT2D eigenvalue weighted by Crippen LogP contribution is -2.42. The van der Waals surface area contributed by atoms with E-state index in [-0.39, 0.29) is 11.1 Å². The normalized spacial score (nSPS) is 15.3. The fourth-order valence-corrected chi connectivity index (χ4v) is 5.15. The summed E-state index contributed by atoms with van der Waals surface area (Å²) in [6.07, 6.45) is 1.74. The number of carbonyl (C=O) groups is 1. The van der Waals surface area contributed by atoms with Crippen LogP contribution in [0.1, 0.15) is 16.7 Å². The van der Waals surface area contributed by atoms with Gasteiger partial charge in [-0.3, -0.25) is 14.2 Å². The zero-order valence-electron chi connectivity index (χ0n) is 18.3. The number of rotatable bonds is 3. The summed E-state index contributed by atoms with van der Waals surface area (Å²) in [5.74, 6) is -0.392. The maximum atomic E-state index is 13.6. The predicted octanol–water partition coefficient (Wildman–Crippen LogP) is 2.53. The summed E-state index contributed by atoms with van der Waals surface area (Å²) in [6.45, 7) is 5.48. The Balaban J connectivity index is 2.05. The number of aryl methyl sites for hydroxylation is 2. The molecule has 1 fully saturated rings. The Labute approximate surface area is 200 Å². The van der Waals surface area contributed by atoms with E-state index < -0.39 is 5.91 Å². The second-order valence-electron chi connectivity index (χ2n) is 7.74. The summed E-state index contributed by atoms with van der Waals surface area (Å²) in [5, 5.41) is 10.6. The molecule has 0 atom stereocenters. The minimum Gasteiger partial charge on any atom is -0.378 e. The molecule has 0 aliphatic carbocycles. The molecule has 33 heavy (non-hydrogen) atoms. The first-order valence-electron chi connectivity index (χ1n) is 10.5. The zero-order valence-corrected chi connectivity index (χ0v) is 19.9. The summed E-state index contributed by atoms with van der Waals surface area (Å²) in [5.41, 5.74) is 2.87. The number of nitrogens with zero attached hydrogens (tertiary/aromatic N) is 3. The van der Waals surface area contributed by atoms with Gasteiger partial charge in [0, 0.05) is 18.1 Å². The van der Waals surface area contributed by atoms with E-state index in [4.69, 9.17) is 16.3 Å². The van der Waals surface area contributed by atoms with Gasteiger partial charge in [0.25, 0.3) is 11.5 Å². The number of carbonyl (C=O) groups excluding carboxylic acids is 1. The quantitative estimate of drug-likeness (QED) is 0.578. The van der Waals surface area contributed by atoms with Crippen LogP contribution in [0.5, 0.6) is 0 Å². The molecule has 0 radical (unpaired) electrons. The van der Waals surface area contributed by atoms with Gasteiger partial charge in [0.05, 0.1) is 23.4 Å². The molecule has 3 aromatic rings. The number of thiazole rings is 1. The van der Waals surface area contributed by atoms with Crippen LogP contribution in [-0.2, 0) is 9.53 Å². The van der Waals surface area contributed by atoms with Crippen LogP contribution in [0.15, 0.2) is 47.3 Å². The molecular formula is C25H22ClN3O3S. The van der Waals surface area contributed by atoms with Crippen molar-refractivity contribution >= 4 is 40.5 Å². The predicted molar refractivity (Wildman–Crippen MR) is 130 cm³/mol. The minimum atomic E-state index is -0.392. The summed E-state index contributed by atoms with van der Waals surface area (Å²) >= 11 is 7.26. The van der Waals surface area contributed by atoms with Gasteiger partial charge in [0.15, 0.2) is 5.57 Å². The number of aromatic nitrogens is 1. The number of hydrogen-bond donors (Lipinski definition) is 0. The monoisotopic (exact) mass is 479 g/mol. The SMILES string of the molecule is Cc1cccc(C)c1-n1c(=O)/c(=C\c2cccc(Cl)c2)s/c1=C(/C#N)C(=O)N1CCOCC1. The first-order valence-corrected chi connectivity index (χ1v) is 11.7. The Kier molecular flexibility index (Phi) is 6.80. The molecule has 0 N–H and O–H groups in total. The lowest BCUT2D eigenvalue weighted by atomic mass is 10.1. The molecule has 2 aromatic carbocycles. The highest BCUT2D eigenvalue weighted by Crippen LogP contribution is 2.17. The van der Waals surface area contributed by atoms with Crippen molar-refractivity contribution in [3.05, 3.63) is 83.7 Å². The third-order valence-corrected chi connectivity index (χ3v) is 6.80. The highest BCUT2D eigenvalue weighted by Gasteiger charge is 2.24. The molecule has 1 saturated heterocycles. The van der Waals surface area contributed by atoms with Crippen LogP contribution in [-0.4, -0.2) is 41.7 Å². The number of amides is 1. The second-order valence-corrected chi connectivity index (χ2v) is 9.21. The number of nitriles is 1. The van der Waals surface area contributed by atoms with E-state index in [9.17, 15) is 14.9 Å². The smallest absolute Gasteiger partial charge is 0.273 e. The Morgan fingerprint density at radius 3 is 2.45 bits per heavy atom. The third kappa shape index (κ3) is 4.64. The van der Waals surface area contributed by atoms with Crippen molar-refractivity contribution in [1.29, 1.82) is 5.26 Å². The van der Waals surface area contributed by atoms with E-state index in [0.717, 1.165) is 28.0 Å². The molecule has 2 heterocycles. The maximum absolute atomic E-state index is 13.6. The molecule has 168 valence electrons. The molecule has 8 heteroatoms. The van der Waals surface area contributed by atoms with Crippen LogP contribution >= 0.6 is 22.9 Å². The van der Waals surface area contributed by atoms with Crippen molar-refractivity contribution in [3.63, 3.8) is 0 Å². The Morgan fingerprint density at radius 2 is 1.82 bits per heavy atom. The minimum absolute atomic E-state index is 0.0487. The van der Waals surface area contributed by atoms with E-state index in [1.165, 1.54) is 4.57 Å². The van der Waals surface area contributed by atoms with Crippen molar-refractivity contribution in [2.45, 2.75) is 13.8 Å². The van der Waals surface area contributed by atoms with E-state index in [0.29, 0.717) is 46.2 Å². The van der Waals surface area contributed by atoms with Gasteiger partial charge in [-0.25, -0.2) is 0 Å². The van der Waals surface area contributed by atoms with Crippen molar-refractivity contribution in [3.8, 4) is 11.8 Å². The van der Waals surface area contributed by atoms with E-state index >= 15 is 0 Å². The van der Waals surface area contributed by atoms with Gasteiger partial charge in [-0.15, -0.1) is 11.3 Å². The lowest BCUT2D eigenvalue weighted by molar-refractivity contribution is -0.128. The highest BCUT2D eigenvalue weighted by molar-refractivity contribution is 7.07. The molecule has 6 nitrogen and oxygen atoms in total. The highest BCUT2D eigenvalue weighted by atomic mass is 35.5. The van der Waals surface area contributed by atoms with Gasteiger partial charge < -0.3 is 9.64 Å².